The third-order valence-electron chi connectivity index (χ3n) is 4.25. The summed E-state index contributed by atoms with van der Waals surface area (Å²) < 4.78 is 6.28. The average Bonchev–Trinajstić information content (AvgIpc) is 3.01. The zero-order valence-electron chi connectivity index (χ0n) is 13.4. The molecular weight excluding hydrogens is 390 g/mol. The molecule has 0 aromatic heterocycles. The highest BCUT2D eigenvalue weighted by Gasteiger charge is 2.15. The molecule has 3 rings (SSSR count). The molecule has 0 fully saturated rings. The monoisotopic (exact) mass is 407 g/mol. The van der Waals surface area contributed by atoms with Gasteiger partial charge in [-0.1, -0.05) is 29.8 Å². The van der Waals surface area contributed by atoms with E-state index in [2.05, 4.69) is 39.4 Å². The van der Waals surface area contributed by atoms with Crippen molar-refractivity contribution in [1.29, 1.82) is 0 Å². The van der Waals surface area contributed by atoms with E-state index >= 15 is 0 Å². The second-order valence-electron chi connectivity index (χ2n) is 6.03. The third kappa shape index (κ3) is 4.11. The minimum atomic E-state index is -0.148. The van der Waals surface area contributed by atoms with E-state index in [-0.39, 0.29) is 18.6 Å². The third-order valence-corrected chi connectivity index (χ3v) is 5.11. The van der Waals surface area contributed by atoms with Crippen molar-refractivity contribution in [2.24, 2.45) is 0 Å². The molecule has 1 aliphatic rings. The van der Waals surface area contributed by atoms with Crippen molar-refractivity contribution in [3.63, 3.8) is 0 Å². The lowest BCUT2D eigenvalue weighted by molar-refractivity contribution is -0.123. The fourth-order valence-electron chi connectivity index (χ4n) is 2.96. The summed E-state index contributed by atoms with van der Waals surface area (Å²) in [5.41, 5.74) is 3.99. The van der Waals surface area contributed by atoms with Gasteiger partial charge >= 0.3 is 0 Å². The molecule has 0 bridgehead atoms. The second kappa shape index (κ2) is 7.58. The van der Waals surface area contributed by atoms with Crippen molar-refractivity contribution >= 4 is 33.4 Å². The van der Waals surface area contributed by atoms with Gasteiger partial charge in [0.15, 0.2) is 6.61 Å². The van der Waals surface area contributed by atoms with Crippen molar-refractivity contribution in [1.82, 2.24) is 5.32 Å². The average molecular weight is 409 g/mol. The Morgan fingerprint density at radius 3 is 2.83 bits per heavy atom. The fraction of sp³-hybridized carbons (Fsp3) is 0.316. The van der Waals surface area contributed by atoms with Crippen LogP contribution in [-0.4, -0.2) is 12.5 Å². The van der Waals surface area contributed by atoms with Crippen LogP contribution in [0.4, 0.5) is 0 Å². The molecule has 5 heteroatoms. The number of amides is 1. The highest BCUT2D eigenvalue weighted by atomic mass is 79.9. The Labute approximate surface area is 155 Å². The topological polar surface area (TPSA) is 38.3 Å². The molecule has 0 unspecified atom stereocenters. The summed E-state index contributed by atoms with van der Waals surface area (Å²) >= 11 is 9.26. The molecule has 0 spiro atoms. The van der Waals surface area contributed by atoms with Gasteiger partial charge in [0.1, 0.15) is 5.75 Å². The van der Waals surface area contributed by atoms with Gasteiger partial charge in [0.2, 0.25) is 0 Å². The van der Waals surface area contributed by atoms with Crippen molar-refractivity contribution in [3.8, 4) is 5.75 Å². The minimum Gasteiger partial charge on any atom is -0.483 e. The van der Waals surface area contributed by atoms with E-state index in [1.54, 1.807) is 18.2 Å². The van der Waals surface area contributed by atoms with E-state index in [1.807, 2.05) is 6.92 Å². The summed E-state index contributed by atoms with van der Waals surface area (Å²) in [6, 6.07) is 11.7. The van der Waals surface area contributed by atoms with Gasteiger partial charge in [0, 0.05) is 5.02 Å². The lowest BCUT2D eigenvalue weighted by Crippen LogP contribution is -2.31. The summed E-state index contributed by atoms with van der Waals surface area (Å²) in [5, 5.41) is 3.60. The molecule has 0 heterocycles. The van der Waals surface area contributed by atoms with Crippen molar-refractivity contribution in [2.75, 3.05) is 6.61 Å². The van der Waals surface area contributed by atoms with E-state index < -0.39 is 0 Å². The van der Waals surface area contributed by atoms with E-state index in [4.69, 9.17) is 16.3 Å². The van der Waals surface area contributed by atoms with Crippen LogP contribution in [0.2, 0.25) is 5.02 Å². The van der Waals surface area contributed by atoms with Crippen molar-refractivity contribution in [3.05, 3.63) is 62.6 Å². The molecule has 0 radical (unpaired) electrons. The normalized spacial score (nSPS) is 14.1. The Kier molecular flexibility index (Phi) is 5.47. The molecular formula is C19H19BrClNO2. The zero-order chi connectivity index (χ0) is 17.1. The highest BCUT2D eigenvalue weighted by Crippen LogP contribution is 2.28. The number of rotatable bonds is 5. The van der Waals surface area contributed by atoms with Crippen LogP contribution in [-0.2, 0) is 17.6 Å². The molecule has 1 aliphatic carbocycles. The number of hydrogen-bond acceptors (Lipinski definition) is 2. The minimum absolute atomic E-state index is 0.0322. The van der Waals surface area contributed by atoms with E-state index in [1.165, 1.54) is 24.0 Å². The molecule has 2 aromatic rings. The van der Waals surface area contributed by atoms with Gasteiger partial charge in [-0.25, -0.2) is 0 Å². The Bertz CT molecular complexity index is 763. The summed E-state index contributed by atoms with van der Waals surface area (Å²) in [4.78, 5) is 12.1. The summed E-state index contributed by atoms with van der Waals surface area (Å²) in [6.45, 7) is 1.96. The predicted molar refractivity (Wildman–Crippen MR) is 99.7 cm³/mol. The van der Waals surface area contributed by atoms with Crippen LogP contribution in [0.3, 0.4) is 0 Å². The lowest BCUT2D eigenvalue weighted by Gasteiger charge is -2.16. The number of aryl methyl sites for hydroxylation is 2. The van der Waals surface area contributed by atoms with Gasteiger partial charge in [-0.15, -0.1) is 0 Å². The van der Waals surface area contributed by atoms with E-state index in [9.17, 15) is 4.79 Å². The second-order valence-corrected chi connectivity index (χ2v) is 7.33. The van der Waals surface area contributed by atoms with Gasteiger partial charge in [0.05, 0.1) is 10.5 Å². The Morgan fingerprint density at radius 2 is 2.04 bits per heavy atom. The number of halogens is 2. The molecule has 1 amide bonds. The van der Waals surface area contributed by atoms with E-state index in [0.717, 1.165) is 16.5 Å². The maximum absolute atomic E-state index is 12.1. The first kappa shape index (κ1) is 17.3. The van der Waals surface area contributed by atoms with Gasteiger partial charge in [-0.05, 0) is 77.0 Å². The van der Waals surface area contributed by atoms with E-state index in [0.29, 0.717) is 10.8 Å². The molecule has 1 N–H and O–H groups in total. The number of fused-ring (bicyclic) bond motifs is 1. The Morgan fingerprint density at radius 1 is 1.25 bits per heavy atom. The Hall–Kier alpha value is -1.52. The van der Waals surface area contributed by atoms with Crippen molar-refractivity contribution < 1.29 is 9.53 Å². The molecule has 0 saturated carbocycles. The highest BCUT2D eigenvalue weighted by molar-refractivity contribution is 9.10. The molecule has 24 heavy (non-hydrogen) atoms. The van der Waals surface area contributed by atoms with Crippen LogP contribution >= 0.6 is 27.5 Å². The Balaban J connectivity index is 1.56. The largest absolute Gasteiger partial charge is 0.483 e. The van der Waals surface area contributed by atoms with Crippen LogP contribution < -0.4 is 10.1 Å². The van der Waals surface area contributed by atoms with Crippen LogP contribution in [0.15, 0.2) is 40.9 Å². The quantitative estimate of drug-likeness (QED) is 0.768. The number of nitrogens with one attached hydrogen (secondary N) is 1. The van der Waals surface area contributed by atoms with Crippen LogP contribution in [0.25, 0.3) is 0 Å². The van der Waals surface area contributed by atoms with Gasteiger partial charge in [-0.3, -0.25) is 4.79 Å². The summed E-state index contributed by atoms with van der Waals surface area (Å²) in [7, 11) is 0. The lowest BCUT2D eigenvalue weighted by atomic mass is 10.0. The van der Waals surface area contributed by atoms with Gasteiger partial charge in [-0.2, -0.15) is 0 Å². The van der Waals surface area contributed by atoms with Crippen LogP contribution in [0, 0.1) is 0 Å². The number of hydrogen-bond donors (Lipinski definition) is 1. The standard InChI is InChI=1S/C19H19BrClNO2/c1-12(14-6-5-13-3-2-4-15(13)9-14)22-19(23)11-24-18-8-7-16(21)10-17(18)20/h5-10,12H,2-4,11H2,1H3,(H,22,23)/t12-/m0/s1. The molecule has 3 nitrogen and oxygen atoms in total. The maximum Gasteiger partial charge on any atom is 0.258 e. The first-order chi connectivity index (χ1) is 11.5. The number of ether oxygens (including phenoxy) is 1. The van der Waals surface area contributed by atoms with Gasteiger partial charge in [0.25, 0.3) is 5.91 Å². The van der Waals surface area contributed by atoms with Crippen molar-refractivity contribution in [2.45, 2.75) is 32.2 Å². The molecule has 0 saturated heterocycles. The first-order valence-corrected chi connectivity index (χ1v) is 9.19. The molecule has 0 aliphatic heterocycles. The summed E-state index contributed by atoms with van der Waals surface area (Å²) in [5.74, 6) is 0.449. The number of benzene rings is 2. The molecule has 1 atom stereocenters. The van der Waals surface area contributed by atoms with Crippen LogP contribution in [0.1, 0.15) is 36.1 Å². The number of carbonyl (C=O) groups is 1. The predicted octanol–water partition coefficient (Wildman–Crippen LogP) is 4.85. The molecule has 126 valence electrons. The smallest absolute Gasteiger partial charge is 0.258 e. The SMILES string of the molecule is C[C@H](NC(=O)COc1ccc(Cl)cc1Br)c1ccc2c(c1)CCC2. The summed E-state index contributed by atoms with van der Waals surface area (Å²) in [6.07, 6.45) is 3.53. The van der Waals surface area contributed by atoms with Gasteiger partial charge < -0.3 is 10.1 Å². The zero-order valence-corrected chi connectivity index (χ0v) is 15.8. The first-order valence-electron chi connectivity index (χ1n) is 8.02. The van der Waals surface area contributed by atoms with Crippen LogP contribution in [0.5, 0.6) is 5.75 Å². The number of carbonyl (C=O) groups excluding carboxylic acids is 1. The maximum atomic E-state index is 12.1. The fourth-order valence-corrected chi connectivity index (χ4v) is 3.76. The molecule has 2 aromatic carbocycles.